The van der Waals surface area contributed by atoms with Gasteiger partial charge in [-0.25, -0.2) is 4.39 Å². The highest BCUT2D eigenvalue weighted by molar-refractivity contribution is 9.10. The molecule has 1 heterocycles. The average molecular weight is 391 g/mol. The summed E-state index contributed by atoms with van der Waals surface area (Å²) in [5, 5.41) is 0. The molecule has 0 aromatic heterocycles. The van der Waals surface area contributed by atoms with E-state index in [2.05, 4.69) is 39.9 Å². The second kappa shape index (κ2) is 7.34. The predicted octanol–water partition coefficient (Wildman–Crippen LogP) is 3.79. The second-order valence-electron chi connectivity index (χ2n) is 6.07. The van der Waals surface area contributed by atoms with Gasteiger partial charge in [0, 0.05) is 36.3 Å². The van der Waals surface area contributed by atoms with Crippen LogP contribution in [0.15, 0.2) is 46.9 Å². The smallest absolute Gasteiger partial charge is 0.227 e. The van der Waals surface area contributed by atoms with Crippen LogP contribution in [0.1, 0.15) is 11.1 Å². The normalized spacial score (nSPS) is 14.8. The lowest BCUT2D eigenvalue weighted by molar-refractivity contribution is -0.130. The summed E-state index contributed by atoms with van der Waals surface area (Å²) in [4.78, 5) is 16.5. The van der Waals surface area contributed by atoms with E-state index in [0.717, 1.165) is 17.6 Å². The zero-order valence-electron chi connectivity index (χ0n) is 13.6. The van der Waals surface area contributed by atoms with Crippen LogP contribution in [0.4, 0.5) is 10.1 Å². The molecule has 0 unspecified atom stereocenters. The quantitative estimate of drug-likeness (QED) is 0.795. The van der Waals surface area contributed by atoms with E-state index >= 15 is 0 Å². The van der Waals surface area contributed by atoms with Crippen LogP contribution in [0.2, 0.25) is 0 Å². The summed E-state index contributed by atoms with van der Waals surface area (Å²) in [6.07, 6.45) is 0.129. The van der Waals surface area contributed by atoms with Gasteiger partial charge in [0.15, 0.2) is 0 Å². The molecule has 1 saturated heterocycles. The summed E-state index contributed by atoms with van der Waals surface area (Å²) in [6, 6.07) is 12.7. The van der Waals surface area contributed by atoms with Gasteiger partial charge in [-0.1, -0.05) is 34.1 Å². The van der Waals surface area contributed by atoms with E-state index in [9.17, 15) is 9.18 Å². The SMILES string of the molecule is Cc1cc(Br)ccc1N1CCN(C(=O)Cc2ccccc2F)CC1. The van der Waals surface area contributed by atoms with Gasteiger partial charge in [-0.3, -0.25) is 4.79 Å². The van der Waals surface area contributed by atoms with Crippen molar-refractivity contribution >= 4 is 27.5 Å². The van der Waals surface area contributed by atoms with E-state index in [1.807, 2.05) is 11.0 Å². The first-order valence-corrected chi connectivity index (χ1v) is 8.86. The number of anilines is 1. The monoisotopic (exact) mass is 390 g/mol. The van der Waals surface area contributed by atoms with Gasteiger partial charge in [0.1, 0.15) is 5.82 Å². The van der Waals surface area contributed by atoms with Crippen molar-refractivity contribution < 1.29 is 9.18 Å². The molecular formula is C19H20BrFN2O. The summed E-state index contributed by atoms with van der Waals surface area (Å²) in [5.74, 6) is -0.317. The number of aryl methyl sites for hydroxylation is 1. The molecule has 126 valence electrons. The second-order valence-corrected chi connectivity index (χ2v) is 6.98. The Hall–Kier alpha value is -1.88. The van der Waals surface area contributed by atoms with Crippen molar-refractivity contribution in [3.63, 3.8) is 0 Å². The number of hydrogen-bond acceptors (Lipinski definition) is 2. The van der Waals surface area contributed by atoms with Crippen LogP contribution in [-0.2, 0) is 11.2 Å². The molecule has 1 fully saturated rings. The summed E-state index contributed by atoms with van der Waals surface area (Å²) < 4.78 is 14.8. The lowest BCUT2D eigenvalue weighted by atomic mass is 10.1. The molecule has 0 bridgehead atoms. The van der Waals surface area contributed by atoms with Gasteiger partial charge in [-0.15, -0.1) is 0 Å². The molecule has 1 amide bonds. The van der Waals surface area contributed by atoms with Crippen LogP contribution in [0, 0.1) is 12.7 Å². The number of piperazine rings is 1. The molecule has 24 heavy (non-hydrogen) atoms. The summed E-state index contributed by atoms with van der Waals surface area (Å²) in [5.41, 5.74) is 2.89. The highest BCUT2D eigenvalue weighted by Crippen LogP contribution is 2.25. The molecule has 0 radical (unpaired) electrons. The molecule has 0 N–H and O–H groups in total. The standard InChI is InChI=1S/C19H20BrFN2O/c1-14-12-16(20)6-7-18(14)22-8-10-23(11-9-22)19(24)13-15-4-2-3-5-17(15)21/h2-7,12H,8-11,13H2,1H3. The number of amides is 1. The van der Waals surface area contributed by atoms with Gasteiger partial charge in [-0.2, -0.15) is 0 Å². The fourth-order valence-corrected chi connectivity index (χ4v) is 3.56. The molecule has 0 atom stereocenters. The van der Waals surface area contributed by atoms with Crippen molar-refractivity contribution in [1.29, 1.82) is 0 Å². The van der Waals surface area contributed by atoms with Crippen molar-refractivity contribution in [2.24, 2.45) is 0 Å². The topological polar surface area (TPSA) is 23.6 Å². The average Bonchev–Trinajstić information content (AvgIpc) is 2.57. The highest BCUT2D eigenvalue weighted by atomic mass is 79.9. The molecule has 2 aromatic carbocycles. The minimum atomic E-state index is -0.310. The Balaban J connectivity index is 1.60. The Labute approximate surface area is 150 Å². The molecule has 0 saturated carbocycles. The van der Waals surface area contributed by atoms with E-state index in [-0.39, 0.29) is 18.1 Å². The first-order valence-electron chi connectivity index (χ1n) is 8.07. The minimum absolute atomic E-state index is 0.00715. The Morgan fingerprint density at radius 1 is 1.12 bits per heavy atom. The fourth-order valence-electron chi connectivity index (χ4n) is 3.09. The van der Waals surface area contributed by atoms with Crippen LogP contribution < -0.4 is 4.90 Å². The van der Waals surface area contributed by atoms with Gasteiger partial charge in [0.25, 0.3) is 0 Å². The number of rotatable bonds is 3. The third kappa shape index (κ3) is 3.78. The van der Waals surface area contributed by atoms with E-state index in [0.29, 0.717) is 18.7 Å². The zero-order chi connectivity index (χ0) is 17.1. The van der Waals surface area contributed by atoms with Crippen LogP contribution in [0.5, 0.6) is 0 Å². The first kappa shape index (κ1) is 17.0. The summed E-state index contributed by atoms with van der Waals surface area (Å²) in [7, 11) is 0. The van der Waals surface area contributed by atoms with Crippen LogP contribution in [0.3, 0.4) is 0 Å². The lowest BCUT2D eigenvalue weighted by Crippen LogP contribution is -2.49. The van der Waals surface area contributed by atoms with Gasteiger partial charge in [-0.05, 0) is 42.3 Å². The van der Waals surface area contributed by atoms with E-state index in [1.165, 1.54) is 17.3 Å². The summed E-state index contributed by atoms with van der Waals surface area (Å²) >= 11 is 3.48. The zero-order valence-corrected chi connectivity index (χ0v) is 15.2. The largest absolute Gasteiger partial charge is 0.368 e. The number of nitrogens with zero attached hydrogens (tertiary/aromatic N) is 2. The highest BCUT2D eigenvalue weighted by Gasteiger charge is 2.22. The van der Waals surface area contributed by atoms with Crippen molar-refractivity contribution in [3.05, 3.63) is 63.9 Å². The molecule has 0 spiro atoms. The van der Waals surface area contributed by atoms with E-state index in [1.54, 1.807) is 18.2 Å². The molecule has 5 heteroatoms. The Kier molecular flexibility index (Phi) is 5.19. The third-order valence-corrected chi connectivity index (χ3v) is 4.92. The number of carbonyl (C=O) groups is 1. The van der Waals surface area contributed by atoms with E-state index in [4.69, 9.17) is 0 Å². The number of carbonyl (C=O) groups excluding carboxylic acids is 1. The van der Waals surface area contributed by atoms with Gasteiger partial charge < -0.3 is 9.80 Å². The fraction of sp³-hybridized carbons (Fsp3) is 0.316. The first-order chi connectivity index (χ1) is 11.5. The van der Waals surface area contributed by atoms with Crippen LogP contribution >= 0.6 is 15.9 Å². The van der Waals surface area contributed by atoms with Gasteiger partial charge >= 0.3 is 0 Å². The Morgan fingerprint density at radius 3 is 2.50 bits per heavy atom. The maximum atomic E-state index is 13.7. The van der Waals surface area contributed by atoms with Crippen molar-refractivity contribution in [2.75, 3.05) is 31.1 Å². The maximum absolute atomic E-state index is 13.7. The Bertz CT molecular complexity index is 742. The predicted molar refractivity (Wildman–Crippen MR) is 97.8 cm³/mol. The molecule has 0 aliphatic carbocycles. The van der Waals surface area contributed by atoms with Gasteiger partial charge in [0.05, 0.1) is 6.42 Å². The molecule has 1 aliphatic rings. The molecular weight excluding hydrogens is 371 g/mol. The molecule has 2 aromatic rings. The Morgan fingerprint density at radius 2 is 1.83 bits per heavy atom. The van der Waals surface area contributed by atoms with Gasteiger partial charge in [0.2, 0.25) is 5.91 Å². The third-order valence-electron chi connectivity index (χ3n) is 4.43. The summed E-state index contributed by atoms with van der Waals surface area (Å²) in [6.45, 7) is 5.03. The van der Waals surface area contributed by atoms with Crippen molar-refractivity contribution in [3.8, 4) is 0 Å². The number of hydrogen-bond donors (Lipinski definition) is 0. The van der Waals surface area contributed by atoms with E-state index < -0.39 is 0 Å². The van der Waals surface area contributed by atoms with Crippen LogP contribution in [-0.4, -0.2) is 37.0 Å². The van der Waals surface area contributed by atoms with Crippen LogP contribution in [0.25, 0.3) is 0 Å². The molecule has 3 nitrogen and oxygen atoms in total. The minimum Gasteiger partial charge on any atom is -0.368 e. The molecule has 3 rings (SSSR count). The van der Waals surface area contributed by atoms with Crippen molar-refractivity contribution in [2.45, 2.75) is 13.3 Å². The van der Waals surface area contributed by atoms with Crippen molar-refractivity contribution in [1.82, 2.24) is 4.90 Å². The lowest BCUT2D eigenvalue weighted by Gasteiger charge is -2.37. The number of halogens is 2. The number of benzene rings is 2. The maximum Gasteiger partial charge on any atom is 0.227 e. The molecule has 1 aliphatic heterocycles.